The Hall–Kier alpha value is -1.28. The summed E-state index contributed by atoms with van der Waals surface area (Å²) in [7, 11) is 0. The molecule has 0 radical (unpaired) electrons. The highest BCUT2D eigenvalue weighted by molar-refractivity contribution is 5.47. The van der Waals surface area contributed by atoms with E-state index in [1.54, 1.807) is 0 Å². The van der Waals surface area contributed by atoms with E-state index in [1.807, 2.05) is 12.1 Å². The molecule has 0 saturated heterocycles. The van der Waals surface area contributed by atoms with Crippen LogP contribution in [0, 0.1) is 0 Å². The van der Waals surface area contributed by atoms with Crippen molar-refractivity contribution in [1.82, 2.24) is 4.90 Å². The van der Waals surface area contributed by atoms with Gasteiger partial charge < -0.3 is 5.73 Å². The van der Waals surface area contributed by atoms with E-state index in [4.69, 9.17) is 5.73 Å². The van der Waals surface area contributed by atoms with Crippen LogP contribution < -0.4 is 5.73 Å². The van der Waals surface area contributed by atoms with E-state index in [0.29, 0.717) is 5.92 Å². The lowest BCUT2D eigenvalue weighted by Gasteiger charge is -2.33. The molecule has 2 N–H and O–H groups in total. The summed E-state index contributed by atoms with van der Waals surface area (Å²) in [6.45, 7) is 9.18. The lowest BCUT2D eigenvalue weighted by atomic mass is 9.87. The highest BCUT2D eigenvalue weighted by Crippen LogP contribution is 2.31. The van der Waals surface area contributed by atoms with Crippen LogP contribution in [0.3, 0.4) is 0 Å². The Morgan fingerprint density at radius 3 is 3.06 bits per heavy atom. The zero-order chi connectivity index (χ0) is 11.5. The predicted octanol–water partition coefficient (Wildman–Crippen LogP) is 2.76. The Kier molecular flexibility index (Phi) is 3.30. The predicted molar refractivity (Wildman–Crippen MR) is 69.4 cm³/mol. The molecular formula is C14H20N2. The summed E-state index contributed by atoms with van der Waals surface area (Å²) >= 11 is 0. The molecule has 0 fully saturated rings. The van der Waals surface area contributed by atoms with Crippen molar-refractivity contribution in [2.75, 3.05) is 18.8 Å². The average Bonchev–Trinajstić information content (AvgIpc) is 2.29. The number of hydrogen-bond donors (Lipinski definition) is 1. The number of fused-ring (bicyclic) bond motifs is 1. The fourth-order valence-electron chi connectivity index (χ4n) is 2.52. The minimum Gasteiger partial charge on any atom is -0.399 e. The quantitative estimate of drug-likeness (QED) is 0.622. The Labute approximate surface area is 97.8 Å². The number of hydrogen-bond acceptors (Lipinski definition) is 2. The molecule has 2 heteroatoms. The Morgan fingerprint density at radius 2 is 2.38 bits per heavy atom. The van der Waals surface area contributed by atoms with Crippen molar-refractivity contribution in [1.29, 1.82) is 0 Å². The van der Waals surface area contributed by atoms with E-state index in [1.165, 1.54) is 17.5 Å². The first-order valence-electron chi connectivity index (χ1n) is 5.96. The molecule has 1 atom stereocenters. The van der Waals surface area contributed by atoms with Crippen LogP contribution in [0.1, 0.15) is 30.4 Å². The SMILES string of the molecule is C=CCN1Cc2ccc(N)cc2[C@@H](CC)C1. The van der Waals surface area contributed by atoms with Gasteiger partial charge in [0.15, 0.2) is 0 Å². The van der Waals surface area contributed by atoms with Gasteiger partial charge in [-0.15, -0.1) is 6.58 Å². The summed E-state index contributed by atoms with van der Waals surface area (Å²) in [5.41, 5.74) is 9.62. The molecule has 1 aromatic rings. The third-order valence-electron chi connectivity index (χ3n) is 3.36. The lowest BCUT2D eigenvalue weighted by molar-refractivity contribution is 0.251. The lowest BCUT2D eigenvalue weighted by Crippen LogP contribution is -2.33. The molecule has 1 heterocycles. The van der Waals surface area contributed by atoms with Crippen LogP contribution in [0.4, 0.5) is 5.69 Å². The van der Waals surface area contributed by atoms with Gasteiger partial charge in [0.1, 0.15) is 0 Å². The molecule has 2 nitrogen and oxygen atoms in total. The van der Waals surface area contributed by atoms with Crippen LogP contribution in [0.15, 0.2) is 30.9 Å². The summed E-state index contributed by atoms with van der Waals surface area (Å²) < 4.78 is 0. The maximum absolute atomic E-state index is 5.86. The smallest absolute Gasteiger partial charge is 0.0317 e. The maximum atomic E-state index is 5.86. The van der Waals surface area contributed by atoms with Crippen LogP contribution in [-0.4, -0.2) is 18.0 Å². The van der Waals surface area contributed by atoms with Crippen LogP contribution >= 0.6 is 0 Å². The van der Waals surface area contributed by atoms with E-state index in [0.717, 1.165) is 25.3 Å². The largest absolute Gasteiger partial charge is 0.399 e. The van der Waals surface area contributed by atoms with E-state index >= 15 is 0 Å². The first kappa shape index (κ1) is 11.2. The first-order valence-corrected chi connectivity index (χ1v) is 5.96. The van der Waals surface area contributed by atoms with Gasteiger partial charge >= 0.3 is 0 Å². The molecule has 1 aliphatic rings. The number of benzene rings is 1. The van der Waals surface area contributed by atoms with Crippen LogP contribution in [0.5, 0.6) is 0 Å². The summed E-state index contributed by atoms with van der Waals surface area (Å²) in [5.74, 6) is 0.618. The molecular weight excluding hydrogens is 196 g/mol. The Morgan fingerprint density at radius 1 is 1.56 bits per heavy atom. The molecule has 0 aliphatic carbocycles. The van der Waals surface area contributed by atoms with Gasteiger partial charge in [-0.1, -0.05) is 19.1 Å². The van der Waals surface area contributed by atoms with Crippen LogP contribution in [0.25, 0.3) is 0 Å². The van der Waals surface area contributed by atoms with Gasteiger partial charge in [-0.25, -0.2) is 0 Å². The van der Waals surface area contributed by atoms with Crippen molar-refractivity contribution in [3.8, 4) is 0 Å². The fourth-order valence-corrected chi connectivity index (χ4v) is 2.52. The molecule has 0 spiro atoms. The van der Waals surface area contributed by atoms with Crippen molar-refractivity contribution in [2.24, 2.45) is 0 Å². The molecule has 0 amide bonds. The number of anilines is 1. The topological polar surface area (TPSA) is 29.3 Å². The van der Waals surface area contributed by atoms with Gasteiger partial charge in [-0.2, -0.15) is 0 Å². The van der Waals surface area contributed by atoms with Crippen molar-refractivity contribution < 1.29 is 0 Å². The standard InChI is InChI=1S/C14H20N2/c1-3-7-16-9-11(4-2)14-8-13(15)6-5-12(14)10-16/h3,5-6,8,11H,1,4,7,9-10,15H2,2H3/t11-/m0/s1. The molecule has 16 heavy (non-hydrogen) atoms. The summed E-state index contributed by atoms with van der Waals surface area (Å²) in [4.78, 5) is 2.44. The highest BCUT2D eigenvalue weighted by atomic mass is 15.1. The summed E-state index contributed by atoms with van der Waals surface area (Å²) in [5, 5.41) is 0. The van der Waals surface area contributed by atoms with E-state index in [9.17, 15) is 0 Å². The second kappa shape index (κ2) is 4.71. The third-order valence-corrected chi connectivity index (χ3v) is 3.36. The van der Waals surface area contributed by atoms with Crippen molar-refractivity contribution >= 4 is 5.69 Å². The number of nitrogen functional groups attached to an aromatic ring is 1. The van der Waals surface area contributed by atoms with Gasteiger partial charge in [0.25, 0.3) is 0 Å². The van der Waals surface area contributed by atoms with Crippen molar-refractivity contribution in [3.63, 3.8) is 0 Å². The van der Waals surface area contributed by atoms with Gasteiger partial charge in [-0.3, -0.25) is 4.90 Å². The van der Waals surface area contributed by atoms with E-state index in [-0.39, 0.29) is 0 Å². The number of rotatable bonds is 3. The molecule has 0 aromatic heterocycles. The van der Waals surface area contributed by atoms with Gasteiger partial charge in [0, 0.05) is 25.3 Å². The summed E-state index contributed by atoms with van der Waals surface area (Å²) in [6, 6.07) is 6.32. The molecule has 0 bridgehead atoms. The van der Waals surface area contributed by atoms with Crippen LogP contribution in [-0.2, 0) is 6.54 Å². The average molecular weight is 216 g/mol. The van der Waals surface area contributed by atoms with Crippen molar-refractivity contribution in [2.45, 2.75) is 25.8 Å². The van der Waals surface area contributed by atoms with E-state index < -0.39 is 0 Å². The van der Waals surface area contributed by atoms with Gasteiger partial charge in [-0.05, 0) is 35.6 Å². The van der Waals surface area contributed by atoms with Gasteiger partial charge in [0.2, 0.25) is 0 Å². The van der Waals surface area contributed by atoms with Crippen LogP contribution in [0.2, 0.25) is 0 Å². The zero-order valence-corrected chi connectivity index (χ0v) is 9.95. The molecule has 0 unspecified atom stereocenters. The Balaban J connectivity index is 2.30. The molecule has 0 saturated carbocycles. The second-order valence-corrected chi connectivity index (χ2v) is 4.55. The second-order valence-electron chi connectivity index (χ2n) is 4.55. The molecule has 1 aliphatic heterocycles. The summed E-state index contributed by atoms with van der Waals surface area (Å²) in [6.07, 6.45) is 3.15. The Bertz CT molecular complexity index is 384. The number of nitrogens with zero attached hydrogens (tertiary/aromatic N) is 1. The van der Waals surface area contributed by atoms with E-state index in [2.05, 4.69) is 30.5 Å². The normalized spacial score (nSPS) is 20.4. The van der Waals surface area contributed by atoms with Gasteiger partial charge in [0.05, 0.1) is 0 Å². The zero-order valence-electron chi connectivity index (χ0n) is 9.95. The number of nitrogens with two attached hydrogens (primary N) is 1. The molecule has 86 valence electrons. The maximum Gasteiger partial charge on any atom is 0.0317 e. The molecule has 2 rings (SSSR count). The monoisotopic (exact) mass is 216 g/mol. The molecule has 1 aromatic carbocycles. The first-order chi connectivity index (χ1) is 7.74. The minimum absolute atomic E-state index is 0.618. The minimum atomic E-state index is 0.618. The third kappa shape index (κ3) is 2.12. The highest BCUT2D eigenvalue weighted by Gasteiger charge is 2.23. The fraction of sp³-hybridized carbons (Fsp3) is 0.429. The van der Waals surface area contributed by atoms with Crippen molar-refractivity contribution in [3.05, 3.63) is 42.0 Å².